The normalized spacial score (nSPS) is 12.6. The van der Waals surface area contributed by atoms with Crippen molar-refractivity contribution < 1.29 is 0 Å². The molecule has 0 bridgehead atoms. The van der Waals surface area contributed by atoms with Crippen LogP contribution in [0.1, 0.15) is 5.56 Å². The monoisotopic (exact) mass is 289 g/mol. The van der Waals surface area contributed by atoms with Crippen LogP contribution < -0.4 is 10.4 Å². The Balaban J connectivity index is 2.64. The molecule has 17 heavy (non-hydrogen) atoms. The van der Waals surface area contributed by atoms with Crippen molar-refractivity contribution in [1.29, 1.82) is 0 Å². The highest BCUT2D eigenvalue weighted by Gasteiger charge is 2.25. The van der Waals surface area contributed by atoms with E-state index in [4.69, 9.17) is 4.52 Å². The highest BCUT2D eigenvalue weighted by molar-refractivity contribution is 7.79. The summed E-state index contributed by atoms with van der Waals surface area (Å²) in [7, 11) is 0.330. The molecule has 0 aliphatic heterocycles. The highest BCUT2D eigenvalue weighted by atomic mass is 31.2. The summed E-state index contributed by atoms with van der Waals surface area (Å²) in [5.41, 5.74) is 1.33. The van der Waals surface area contributed by atoms with E-state index in [1.165, 1.54) is 10.9 Å². The Morgan fingerprint density at radius 1 is 1.18 bits per heavy atom. The van der Waals surface area contributed by atoms with Crippen LogP contribution >= 0.6 is 23.9 Å². The van der Waals surface area contributed by atoms with E-state index in [2.05, 4.69) is 71.9 Å². The fourth-order valence-corrected chi connectivity index (χ4v) is 8.00. The Labute approximate surface area is 109 Å². The van der Waals surface area contributed by atoms with Gasteiger partial charge in [-0.1, -0.05) is 24.3 Å². The van der Waals surface area contributed by atoms with Crippen LogP contribution in [-0.2, 0) is 6.54 Å². The van der Waals surface area contributed by atoms with Crippen LogP contribution in [0.25, 0.3) is 0 Å². The molecule has 0 fully saturated rings. The number of nitrogens with zero attached hydrogens (tertiary/aromatic N) is 1. The molecule has 1 aromatic rings. The van der Waals surface area contributed by atoms with Crippen LogP contribution in [0.3, 0.4) is 0 Å². The molecule has 1 rings (SSSR count). The molecular formula is C12H24N2P3+. The SMILES string of the molecule is CP(C)(C)=N[P+](C)(C)NCc1ccc(P)cc1. The number of rotatable bonds is 4. The third kappa shape index (κ3) is 6.68. The molecule has 1 aromatic carbocycles. The number of hydrogen-bond acceptors (Lipinski definition) is 2. The average Bonchev–Trinajstić information content (AvgIpc) is 2.13. The van der Waals surface area contributed by atoms with E-state index >= 15 is 0 Å². The van der Waals surface area contributed by atoms with E-state index in [-0.39, 0.29) is 0 Å². The molecule has 0 aliphatic carbocycles. The number of hydrogen-bond donors (Lipinski definition) is 1. The maximum atomic E-state index is 4.98. The molecule has 0 saturated carbocycles. The maximum absolute atomic E-state index is 4.98. The van der Waals surface area contributed by atoms with Crippen molar-refractivity contribution >= 4 is 29.2 Å². The molecule has 0 spiro atoms. The van der Waals surface area contributed by atoms with Gasteiger partial charge in [0.1, 0.15) is 0 Å². The average molecular weight is 289 g/mol. The summed E-state index contributed by atoms with van der Waals surface area (Å²) in [6.45, 7) is 12.2. The molecule has 0 radical (unpaired) electrons. The molecule has 1 N–H and O–H groups in total. The van der Waals surface area contributed by atoms with Gasteiger partial charge in [-0.05, 0) is 30.9 Å². The zero-order chi connectivity index (χ0) is 13.1. The Bertz CT molecular complexity index is 410. The third-order valence-corrected chi connectivity index (χ3v) is 7.39. The second kappa shape index (κ2) is 5.94. The minimum absolute atomic E-state index is 0.912. The second-order valence-electron chi connectivity index (χ2n) is 5.50. The van der Waals surface area contributed by atoms with Crippen LogP contribution in [0.5, 0.6) is 0 Å². The van der Waals surface area contributed by atoms with Gasteiger partial charge in [0.15, 0.2) is 7.56 Å². The van der Waals surface area contributed by atoms with Crippen LogP contribution in [0.4, 0.5) is 0 Å². The summed E-state index contributed by atoms with van der Waals surface area (Å²) in [6.07, 6.45) is 0. The lowest BCUT2D eigenvalue weighted by molar-refractivity contribution is 0.949. The molecule has 0 amide bonds. The molecule has 96 valence electrons. The standard InChI is InChI=1S/C12H24N2P3/c1-16(2,3)14-17(4,5)13-10-11-6-8-12(15)9-7-11/h6-9,13H,10,15H2,1-5H3/q+1. The molecule has 2 nitrogen and oxygen atoms in total. The molecule has 0 heterocycles. The van der Waals surface area contributed by atoms with Crippen molar-refractivity contribution in [2.75, 3.05) is 33.3 Å². The molecular weight excluding hydrogens is 265 g/mol. The van der Waals surface area contributed by atoms with Gasteiger partial charge >= 0.3 is 0 Å². The number of nitrogens with one attached hydrogen (secondary N) is 1. The van der Waals surface area contributed by atoms with Gasteiger partial charge in [0.25, 0.3) is 0 Å². The first-order valence-electron chi connectivity index (χ1n) is 5.68. The predicted octanol–water partition coefficient (Wildman–Crippen LogP) is 3.47. The second-order valence-corrected chi connectivity index (χ2v) is 13.9. The van der Waals surface area contributed by atoms with E-state index in [1.54, 1.807) is 0 Å². The lowest BCUT2D eigenvalue weighted by atomic mass is 10.2. The summed E-state index contributed by atoms with van der Waals surface area (Å²) in [4.78, 5) is 0. The van der Waals surface area contributed by atoms with Gasteiger partial charge < -0.3 is 0 Å². The van der Waals surface area contributed by atoms with Crippen LogP contribution in [-0.4, -0.2) is 33.3 Å². The van der Waals surface area contributed by atoms with Crippen molar-refractivity contribution in [3.8, 4) is 0 Å². The molecule has 0 saturated heterocycles. The Hall–Kier alpha value is 0.270. The van der Waals surface area contributed by atoms with Crippen LogP contribution in [0, 0.1) is 0 Å². The Kier molecular flexibility index (Phi) is 5.36. The van der Waals surface area contributed by atoms with Gasteiger partial charge in [-0.15, -0.1) is 13.8 Å². The van der Waals surface area contributed by atoms with Crippen molar-refractivity contribution in [1.82, 2.24) is 5.09 Å². The summed E-state index contributed by atoms with van der Waals surface area (Å²) in [5.74, 6) is 0. The largest absolute Gasteiger partial charge is 0.191 e. The van der Waals surface area contributed by atoms with Gasteiger partial charge in [0.05, 0.1) is 19.9 Å². The predicted molar refractivity (Wildman–Crippen MR) is 88.5 cm³/mol. The van der Waals surface area contributed by atoms with Crippen molar-refractivity contribution in [3.63, 3.8) is 0 Å². The zero-order valence-corrected chi connectivity index (χ0v) is 14.4. The van der Waals surface area contributed by atoms with Gasteiger partial charge in [0.2, 0.25) is 0 Å². The fourth-order valence-electron chi connectivity index (χ4n) is 1.62. The van der Waals surface area contributed by atoms with Crippen molar-refractivity contribution in [3.05, 3.63) is 29.8 Å². The zero-order valence-electron chi connectivity index (χ0n) is 11.4. The first kappa shape index (κ1) is 15.3. The summed E-state index contributed by atoms with van der Waals surface area (Å²) in [5, 5.41) is 4.85. The topological polar surface area (TPSA) is 24.4 Å². The van der Waals surface area contributed by atoms with Gasteiger partial charge in [-0.25, -0.2) is 0 Å². The van der Waals surface area contributed by atoms with Crippen molar-refractivity contribution in [2.45, 2.75) is 6.54 Å². The highest BCUT2D eigenvalue weighted by Crippen LogP contribution is 2.57. The molecule has 0 aromatic heterocycles. The minimum Gasteiger partial charge on any atom is -0.166 e. The van der Waals surface area contributed by atoms with E-state index in [0.717, 1.165) is 6.54 Å². The lowest BCUT2D eigenvalue weighted by Crippen LogP contribution is -2.12. The third-order valence-electron chi connectivity index (χ3n) is 2.14. The molecule has 1 atom stereocenters. The summed E-state index contributed by atoms with van der Waals surface area (Å²) >= 11 is 0. The van der Waals surface area contributed by atoms with Gasteiger partial charge in [-0.3, -0.25) is 0 Å². The summed E-state index contributed by atoms with van der Waals surface area (Å²) in [6, 6.07) is 8.59. The Morgan fingerprint density at radius 2 is 1.71 bits per heavy atom. The molecule has 1 unspecified atom stereocenters. The lowest BCUT2D eigenvalue weighted by Gasteiger charge is -2.17. The van der Waals surface area contributed by atoms with E-state index in [1.807, 2.05) is 0 Å². The van der Waals surface area contributed by atoms with Gasteiger partial charge in [0, 0.05) is 7.05 Å². The first-order valence-corrected chi connectivity index (χ1v) is 12.0. The van der Waals surface area contributed by atoms with Crippen molar-refractivity contribution in [2.24, 2.45) is 4.52 Å². The van der Waals surface area contributed by atoms with Gasteiger partial charge in [-0.2, -0.15) is 5.09 Å². The fraction of sp³-hybridized carbons (Fsp3) is 0.500. The van der Waals surface area contributed by atoms with E-state index in [9.17, 15) is 0 Å². The van der Waals surface area contributed by atoms with E-state index < -0.39 is 14.6 Å². The molecule has 0 aliphatic rings. The smallest absolute Gasteiger partial charge is 0.166 e. The minimum atomic E-state index is -1.32. The maximum Gasteiger partial charge on any atom is 0.191 e. The van der Waals surface area contributed by atoms with Crippen LogP contribution in [0.2, 0.25) is 0 Å². The summed E-state index contributed by atoms with van der Waals surface area (Å²) < 4.78 is 4.98. The quantitative estimate of drug-likeness (QED) is 0.843. The van der Waals surface area contributed by atoms with E-state index in [0.29, 0.717) is 0 Å². The van der Waals surface area contributed by atoms with Crippen LogP contribution in [0.15, 0.2) is 28.8 Å². The Morgan fingerprint density at radius 3 is 2.18 bits per heavy atom. The molecule has 5 heteroatoms. The first-order chi connectivity index (χ1) is 7.68. The number of benzene rings is 1.